The van der Waals surface area contributed by atoms with Gasteiger partial charge in [0.05, 0.1) is 7.11 Å². The molecule has 11 heteroatoms. The van der Waals surface area contributed by atoms with Crippen molar-refractivity contribution in [1.29, 1.82) is 0 Å². The highest BCUT2D eigenvalue weighted by Gasteiger charge is 2.49. The lowest BCUT2D eigenvalue weighted by molar-refractivity contribution is -0.134. The molecule has 0 aromatic heterocycles. The van der Waals surface area contributed by atoms with E-state index in [1.807, 2.05) is 0 Å². The molecule has 4 amide bonds. The molecule has 2 unspecified atom stereocenters. The zero-order chi connectivity index (χ0) is 24.3. The fraction of sp³-hybridized carbons (Fsp3) is 0.348. The zero-order valence-electron chi connectivity index (χ0n) is 18.7. The summed E-state index contributed by atoms with van der Waals surface area (Å²) in [6, 6.07) is 11.1. The largest absolute Gasteiger partial charge is 0.497 e. The van der Waals surface area contributed by atoms with Crippen molar-refractivity contribution in [1.82, 2.24) is 15.5 Å². The van der Waals surface area contributed by atoms with E-state index in [-0.39, 0.29) is 19.9 Å². The Kier molecular flexibility index (Phi) is 6.46. The van der Waals surface area contributed by atoms with Gasteiger partial charge < -0.3 is 34.7 Å². The van der Waals surface area contributed by atoms with Crippen LogP contribution in [0.5, 0.6) is 23.0 Å². The first-order valence-electron chi connectivity index (χ1n) is 10.6. The van der Waals surface area contributed by atoms with Crippen molar-refractivity contribution in [3.05, 3.63) is 48.0 Å². The van der Waals surface area contributed by atoms with Crippen LogP contribution in [0.4, 0.5) is 4.79 Å². The Hall–Kier alpha value is -3.99. The number of ether oxygens (including phenoxy) is 4. The lowest BCUT2D eigenvalue weighted by Crippen LogP contribution is -2.45. The molecule has 2 atom stereocenters. The Bertz CT molecular complexity index is 1090. The number of aliphatic hydroxyl groups excluding tert-OH is 1. The minimum Gasteiger partial charge on any atom is -0.497 e. The Morgan fingerprint density at radius 3 is 2.62 bits per heavy atom. The third-order valence-corrected chi connectivity index (χ3v) is 5.57. The molecule has 11 nitrogen and oxygen atoms in total. The topological polar surface area (TPSA) is 136 Å². The van der Waals surface area contributed by atoms with Crippen molar-refractivity contribution in [3.8, 4) is 23.0 Å². The molecule has 2 heterocycles. The monoisotopic (exact) mass is 471 g/mol. The van der Waals surface area contributed by atoms with E-state index < -0.39 is 36.0 Å². The number of rotatable bonds is 9. The van der Waals surface area contributed by atoms with Gasteiger partial charge in [-0.3, -0.25) is 14.5 Å². The molecular formula is C23H25N3O8. The van der Waals surface area contributed by atoms with Gasteiger partial charge in [-0.15, -0.1) is 0 Å². The number of methoxy groups -OCH3 is 1. The predicted octanol–water partition coefficient (Wildman–Crippen LogP) is 0.747. The standard InChI is InChI=1S/C23H25N3O8/c1-23(14-3-5-16(31-2)6-4-14)21(29)26(22(30)25-23)11-20(28)24-10-15(27)12-32-17-7-8-18-19(9-17)34-13-33-18/h3-9,15,27H,10-13H2,1-2H3,(H,24,28)(H,25,30). The van der Waals surface area contributed by atoms with E-state index in [1.165, 1.54) is 7.11 Å². The van der Waals surface area contributed by atoms with Gasteiger partial charge >= 0.3 is 6.03 Å². The van der Waals surface area contributed by atoms with Crippen LogP contribution in [-0.4, -0.2) is 67.6 Å². The lowest BCUT2D eigenvalue weighted by Gasteiger charge is -2.22. The maximum absolute atomic E-state index is 12.9. The van der Waals surface area contributed by atoms with E-state index in [4.69, 9.17) is 18.9 Å². The Balaban J connectivity index is 1.26. The molecule has 0 bridgehead atoms. The molecular weight excluding hydrogens is 446 g/mol. The molecule has 2 aromatic rings. The summed E-state index contributed by atoms with van der Waals surface area (Å²) < 4.78 is 21.1. The quantitative estimate of drug-likeness (QED) is 0.456. The summed E-state index contributed by atoms with van der Waals surface area (Å²) in [5.74, 6) is 1.11. The first-order chi connectivity index (χ1) is 16.3. The van der Waals surface area contributed by atoms with Gasteiger partial charge in [0.15, 0.2) is 11.5 Å². The van der Waals surface area contributed by atoms with Crippen molar-refractivity contribution < 1.29 is 38.4 Å². The van der Waals surface area contributed by atoms with Crippen LogP contribution in [0.1, 0.15) is 12.5 Å². The second-order valence-electron chi connectivity index (χ2n) is 7.96. The number of aliphatic hydroxyl groups is 1. The Morgan fingerprint density at radius 1 is 1.18 bits per heavy atom. The summed E-state index contributed by atoms with van der Waals surface area (Å²) in [5.41, 5.74) is -0.743. The molecule has 0 saturated carbocycles. The summed E-state index contributed by atoms with van der Waals surface area (Å²) in [4.78, 5) is 38.5. The molecule has 2 aliphatic rings. The van der Waals surface area contributed by atoms with Crippen LogP contribution in [0.25, 0.3) is 0 Å². The van der Waals surface area contributed by atoms with Gasteiger partial charge in [0.1, 0.15) is 36.3 Å². The smallest absolute Gasteiger partial charge is 0.325 e. The Morgan fingerprint density at radius 2 is 1.88 bits per heavy atom. The van der Waals surface area contributed by atoms with E-state index in [0.717, 1.165) is 4.90 Å². The summed E-state index contributed by atoms with van der Waals surface area (Å²) in [7, 11) is 1.53. The van der Waals surface area contributed by atoms with E-state index in [9.17, 15) is 19.5 Å². The van der Waals surface area contributed by atoms with Crippen LogP contribution < -0.4 is 29.6 Å². The molecule has 0 aliphatic carbocycles. The fourth-order valence-electron chi connectivity index (χ4n) is 3.61. The minimum atomic E-state index is -1.30. The molecule has 1 fully saturated rings. The van der Waals surface area contributed by atoms with Crippen LogP contribution >= 0.6 is 0 Å². The number of fused-ring (bicyclic) bond motifs is 1. The maximum Gasteiger partial charge on any atom is 0.325 e. The van der Waals surface area contributed by atoms with Crippen molar-refractivity contribution in [3.63, 3.8) is 0 Å². The van der Waals surface area contributed by atoms with Crippen molar-refractivity contribution in [2.45, 2.75) is 18.6 Å². The molecule has 3 N–H and O–H groups in total. The molecule has 2 aliphatic heterocycles. The highest BCUT2D eigenvalue weighted by atomic mass is 16.7. The van der Waals surface area contributed by atoms with Crippen molar-refractivity contribution in [2.75, 3.05) is 33.6 Å². The number of carbonyl (C=O) groups excluding carboxylic acids is 3. The average molecular weight is 471 g/mol. The van der Waals surface area contributed by atoms with Crippen LogP contribution in [0.15, 0.2) is 42.5 Å². The highest BCUT2D eigenvalue weighted by molar-refractivity contribution is 6.09. The summed E-state index contributed by atoms with van der Waals surface area (Å²) >= 11 is 0. The minimum absolute atomic E-state index is 0.0847. The van der Waals surface area contributed by atoms with Gasteiger partial charge in [-0.05, 0) is 36.8 Å². The number of nitrogens with zero attached hydrogens (tertiary/aromatic N) is 1. The van der Waals surface area contributed by atoms with Crippen LogP contribution in [-0.2, 0) is 15.1 Å². The molecule has 34 heavy (non-hydrogen) atoms. The van der Waals surface area contributed by atoms with Gasteiger partial charge in [-0.25, -0.2) is 4.79 Å². The van der Waals surface area contributed by atoms with Crippen molar-refractivity contribution >= 4 is 17.8 Å². The normalized spacial score (nSPS) is 19.6. The number of amides is 4. The van der Waals surface area contributed by atoms with Gasteiger partial charge in [0.25, 0.3) is 5.91 Å². The second kappa shape index (κ2) is 9.48. The lowest BCUT2D eigenvalue weighted by atomic mass is 9.92. The highest BCUT2D eigenvalue weighted by Crippen LogP contribution is 2.35. The first-order valence-corrected chi connectivity index (χ1v) is 10.6. The molecule has 1 saturated heterocycles. The Labute approximate surface area is 195 Å². The van der Waals surface area contributed by atoms with E-state index >= 15 is 0 Å². The van der Waals surface area contributed by atoms with Gasteiger partial charge in [-0.1, -0.05) is 12.1 Å². The molecule has 4 rings (SSSR count). The number of hydrogen-bond acceptors (Lipinski definition) is 8. The number of urea groups is 1. The SMILES string of the molecule is COc1ccc(C2(C)NC(=O)N(CC(=O)NCC(O)COc3ccc4c(c3)OCO4)C2=O)cc1. The zero-order valence-corrected chi connectivity index (χ0v) is 18.7. The second-order valence-corrected chi connectivity index (χ2v) is 7.96. The van der Waals surface area contributed by atoms with Gasteiger partial charge in [0, 0.05) is 12.6 Å². The third-order valence-electron chi connectivity index (χ3n) is 5.57. The summed E-state index contributed by atoms with van der Waals surface area (Å²) in [6.07, 6.45) is -1.01. The van der Waals surface area contributed by atoms with E-state index in [0.29, 0.717) is 28.6 Å². The number of carbonyl (C=O) groups is 3. The van der Waals surface area contributed by atoms with E-state index in [2.05, 4.69) is 10.6 Å². The van der Waals surface area contributed by atoms with Crippen LogP contribution in [0, 0.1) is 0 Å². The molecule has 2 aromatic carbocycles. The van der Waals surface area contributed by atoms with Crippen molar-refractivity contribution in [2.24, 2.45) is 0 Å². The first kappa shape index (κ1) is 23.2. The van der Waals surface area contributed by atoms with Crippen LogP contribution in [0.3, 0.4) is 0 Å². The number of benzene rings is 2. The van der Waals surface area contributed by atoms with Crippen LogP contribution in [0.2, 0.25) is 0 Å². The number of hydrogen-bond donors (Lipinski definition) is 3. The maximum atomic E-state index is 12.9. The summed E-state index contributed by atoms with van der Waals surface area (Å²) in [6.45, 7) is 1.03. The summed E-state index contributed by atoms with van der Waals surface area (Å²) in [5, 5.41) is 15.3. The molecule has 0 spiro atoms. The predicted molar refractivity (Wildman–Crippen MR) is 118 cm³/mol. The number of nitrogens with one attached hydrogen (secondary N) is 2. The third kappa shape index (κ3) is 4.69. The van der Waals surface area contributed by atoms with Gasteiger partial charge in [0.2, 0.25) is 12.7 Å². The fourth-order valence-corrected chi connectivity index (χ4v) is 3.61. The van der Waals surface area contributed by atoms with E-state index in [1.54, 1.807) is 49.4 Å². The number of imide groups is 1. The molecule has 180 valence electrons. The van der Waals surface area contributed by atoms with Gasteiger partial charge in [-0.2, -0.15) is 0 Å². The average Bonchev–Trinajstić information content (AvgIpc) is 3.39. The molecule has 0 radical (unpaired) electrons.